The van der Waals surface area contributed by atoms with Crippen LogP contribution in [0.4, 0.5) is 0 Å². The number of rotatable bonds is 6. The Morgan fingerprint density at radius 2 is 2.28 bits per heavy atom. The molecule has 1 saturated carbocycles. The second-order valence-corrected chi connectivity index (χ2v) is 4.70. The van der Waals surface area contributed by atoms with Crippen LogP contribution in [0.25, 0.3) is 0 Å². The van der Waals surface area contributed by atoms with Gasteiger partial charge in [0.05, 0.1) is 6.54 Å². The molecule has 1 aliphatic carbocycles. The van der Waals surface area contributed by atoms with Crippen molar-refractivity contribution in [3.63, 3.8) is 0 Å². The summed E-state index contributed by atoms with van der Waals surface area (Å²) in [5.74, 6) is 0.394. The summed E-state index contributed by atoms with van der Waals surface area (Å²) >= 11 is 0. The molecule has 1 aromatic rings. The van der Waals surface area contributed by atoms with E-state index in [0.29, 0.717) is 19.1 Å². The molecule has 0 atom stereocenters. The summed E-state index contributed by atoms with van der Waals surface area (Å²) < 4.78 is 0. The molecule has 0 bridgehead atoms. The third kappa shape index (κ3) is 3.47. The van der Waals surface area contributed by atoms with Crippen LogP contribution in [0.1, 0.15) is 25.3 Å². The van der Waals surface area contributed by atoms with E-state index in [9.17, 15) is 9.90 Å². The van der Waals surface area contributed by atoms with Crippen LogP contribution in [0.15, 0.2) is 24.3 Å². The standard InChI is InChI=1S/C14H20N2O2/c1-2-15-9-14(18)16(12-6-7-12)10-11-4-3-5-13(17)8-11/h3-5,8,12,15,17H,2,6-7,9-10H2,1H3. The zero-order chi connectivity index (χ0) is 13.0. The first-order valence-corrected chi connectivity index (χ1v) is 6.48. The van der Waals surface area contributed by atoms with Gasteiger partial charge in [0.15, 0.2) is 0 Å². The normalized spacial score (nSPS) is 14.5. The molecular weight excluding hydrogens is 228 g/mol. The van der Waals surface area contributed by atoms with Crippen LogP contribution in [-0.2, 0) is 11.3 Å². The van der Waals surface area contributed by atoms with E-state index in [4.69, 9.17) is 0 Å². The second kappa shape index (κ2) is 5.87. The Bertz CT molecular complexity index is 416. The van der Waals surface area contributed by atoms with Gasteiger partial charge in [0.2, 0.25) is 5.91 Å². The van der Waals surface area contributed by atoms with Crippen molar-refractivity contribution in [3.05, 3.63) is 29.8 Å². The lowest BCUT2D eigenvalue weighted by Crippen LogP contribution is -2.39. The van der Waals surface area contributed by atoms with E-state index in [1.54, 1.807) is 12.1 Å². The van der Waals surface area contributed by atoms with E-state index in [1.807, 2.05) is 24.0 Å². The van der Waals surface area contributed by atoms with Gasteiger partial charge in [-0.15, -0.1) is 0 Å². The highest BCUT2D eigenvalue weighted by Gasteiger charge is 2.32. The van der Waals surface area contributed by atoms with Crippen LogP contribution < -0.4 is 5.32 Å². The van der Waals surface area contributed by atoms with Crippen LogP contribution in [-0.4, -0.2) is 35.0 Å². The minimum atomic E-state index is 0.141. The highest BCUT2D eigenvalue weighted by molar-refractivity contribution is 5.79. The summed E-state index contributed by atoms with van der Waals surface area (Å²) in [5.41, 5.74) is 0.978. The molecule has 2 rings (SSSR count). The molecule has 0 aromatic heterocycles. The van der Waals surface area contributed by atoms with Crippen molar-refractivity contribution >= 4 is 5.91 Å². The van der Waals surface area contributed by atoms with Gasteiger partial charge in [-0.2, -0.15) is 0 Å². The summed E-state index contributed by atoms with van der Waals surface area (Å²) in [6, 6.07) is 7.50. The number of benzene rings is 1. The maximum absolute atomic E-state index is 12.1. The van der Waals surface area contributed by atoms with Crippen LogP contribution in [0.3, 0.4) is 0 Å². The number of aromatic hydroxyl groups is 1. The molecule has 0 radical (unpaired) electrons. The highest BCUT2D eigenvalue weighted by Crippen LogP contribution is 2.28. The van der Waals surface area contributed by atoms with E-state index in [2.05, 4.69) is 5.32 Å². The molecular formula is C14H20N2O2. The predicted molar refractivity (Wildman–Crippen MR) is 70.2 cm³/mol. The van der Waals surface area contributed by atoms with Crippen molar-refractivity contribution in [2.45, 2.75) is 32.4 Å². The Morgan fingerprint density at radius 3 is 2.89 bits per heavy atom. The van der Waals surface area contributed by atoms with Gasteiger partial charge in [-0.1, -0.05) is 19.1 Å². The highest BCUT2D eigenvalue weighted by atomic mass is 16.3. The molecule has 0 unspecified atom stereocenters. The number of amides is 1. The van der Waals surface area contributed by atoms with Crippen molar-refractivity contribution in [2.24, 2.45) is 0 Å². The molecule has 0 saturated heterocycles. The van der Waals surface area contributed by atoms with Gasteiger partial charge in [0.25, 0.3) is 0 Å². The lowest BCUT2D eigenvalue weighted by atomic mass is 10.2. The fraction of sp³-hybridized carbons (Fsp3) is 0.500. The number of hydrogen-bond acceptors (Lipinski definition) is 3. The Kier molecular flexibility index (Phi) is 4.20. The van der Waals surface area contributed by atoms with E-state index >= 15 is 0 Å². The fourth-order valence-corrected chi connectivity index (χ4v) is 1.99. The lowest BCUT2D eigenvalue weighted by Gasteiger charge is -2.22. The van der Waals surface area contributed by atoms with Crippen molar-refractivity contribution in [1.29, 1.82) is 0 Å². The minimum absolute atomic E-state index is 0.141. The number of phenols is 1. The summed E-state index contributed by atoms with van der Waals surface area (Å²) in [4.78, 5) is 14.0. The topological polar surface area (TPSA) is 52.6 Å². The van der Waals surface area contributed by atoms with Crippen molar-refractivity contribution in [1.82, 2.24) is 10.2 Å². The third-order valence-electron chi connectivity index (χ3n) is 3.10. The van der Waals surface area contributed by atoms with Gasteiger partial charge < -0.3 is 15.3 Å². The first-order chi connectivity index (χ1) is 8.70. The SMILES string of the molecule is CCNCC(=O)N(Cc1cccc(O)c1)C1CC1. The quantitative estimate of drug-likeness (QED) is 0.802. The number of carbonyl (C=O) groups excluding carboxylic acids is 1. The average Bonchev–Trinajstić information content (AvgIpc) is 3.17. The van der Waals surface area contributed by atoms with Crippen LogP contribution in [0.2, 0.25) is 0 Å². The molecule has 0 heterocycles. The molecule has 1 aliphatic rings. The Balaban J connectivity index is 2.00. The number of phenolic OH excluding ortho intramolecular Hbond substituents is 1. The van der Waals surface area contributed by atoms with Gasteiger partial charge >= 0.3 is 0 Å². The number of carbonyl (C=O) groups is 1. The van der Waals surface area contributed by atoms with Crippen LogP contribution in [0.5, 0.6) is 5.75 Å². The number of nitrogens with one attached hydrogen (secondary N) is 1. The molecule has 1 aromatic carbocycles. The van der Waals surface area contributed by atoms with Crippen LogP contribution >= 0.6 is 0 Å². The molecule has 0 aliphatic heterocycles. The summed E-state index contributed by atoms with van der Waals surface area (Å²) in [6.07, 6.45) is 2.19. The summed E-state index contributed by atoms with van der Waals surface area (Å²) in [7, 11) is 0. The summed E-state index contributed by atoms with van der Waals surface area (Å²) in [6.45, 7) is 3.77. The maximum Gasteiger partial charge on any atom is 0.237 e. The van der Waals surface area contributed by atoms with Crippen molar-refractivity contribution < 1.29 is 9.90 Å². The summed E-state index contributed by atoms with van der Waals surface area (Å²) in [5, 5.41) is 12.5. The molecule has 0 spiro atoms. The van der Waals surface area contributed by atoms with Gasteiger partial charge in [-0.25, -0.2) is 0 Å². The fourth-order valence-electron chi connectivity index (χ4n) is 1.99. The molecule has 18 heavy (non-hydrogen) atoms. The molecule has 4 nitrogen and oxygen atoms in total. The van der Waals surface area contributed by atoms with Gasteiger partial charge in [0.1, 0.15) is 5.75 Å². The minimum Gasteiger partial charge on any atom is -0.508 e. The Hall–Kier alpha value is -1.55. The monoisotopic (exact) mass is 248 g/mol. The molecule has 98 valence electrons. The smallest absolute Gasteiger partial charge is 0.237 e. The molecule has 1 amide bonds. The Morgan fingerprint density at radius 1 is 1.50 bits per heavy atom. The van der Waals surface area contributed by atoms with Gasteiger partial charge in [-0.3, -0.25) is 4.79 Å². The predicted octanol–water partition coefficient (Wildman–Crippen LogP) is 1.49. The third-order valence-corrected chi connectivity index (χ3v) is 3.10. The van der Waals surface area contributed by atoms with Crippen molar-refractivity contribution in [2.75, 3.05) is 13.1 Å². The Labute approximate surface area is 108 Å². The van der Waals surface area contributed by atoms with E-state index < -0.39 is 0 Å². The second-order valence-electron chi connectivity index (χ2n) is 4.70. The molecule has 2 N–H and O–H groups in total. The number of nitrogens with zero attached hydrogens (tertiary/aromatic N) is 1. The van der Waals surface area contributed by atoms with E-state index in [-0.39, 0.29) is 11.7 Å². The zero-order valence-corrected chi connectivity index (χ0v) is 10.7. The zero-order valence-electron chi connectivity index (χ0n) is 10.7. The van der Waals surface area contributed by atoms with Crippen LogP contribution in [0, 0.1) is 0 Å². The molecule has 1 fully saturated rings. The van der Waals surface area contributed by atoms with Crippen molar-refractivity contribution in [3.8, 4) is 5.75 Å². The van der Waals surface area contributed by atoms with Gasteiger partial charge in [0, 0.05) is 12.6 Å². The maximum atomic E-state index is 12.1. The average molecular weight is 248 g/mol. The van der Waals surface area contributed by atoms with Gasteiger partial charge in [-0.05, 0) is 37.1 Å². The molecule has 4 heteroatoms. The van der Waals surface area contributed by atoms with E-state index in [1.165, 1.54) is 0 Å². The first-order valence-electron chi connectivity index (χ1n) is 6.48. The number of likely N-dealkylation sites (N-methyl/N-ethyl adjacent to an activating group) is 1. The largest absolute Gasteiger partial charge is 0.508 e. The van der Waals surface area contributed by atoms with E-state index in [0.717, 1.165) is 24.9 Å². The lowest BCUT2D eigenvalue weighted by molar-refractivity contribution is -0.131. The number of hydrogen-bond donors (Lipinski definition) is 2. The first kappa shape index (κ1) is 12.9.